The van der Waals surface area contributed by atoms with E-state index in [1.54, 1.807) is 13.8 Å². The van der Waals surface area contributed by atoms with Crippen molar-refractivity contribution in [1.29, 1.82) is 0 Å². The minimum atomic E-state index is 0. The Morgan fingerprint density at radius 2 is 0.750 bits per heavy atom. The molecule has 0 atom stereocenters. The van der Waals surface area contributed by atoms with E-state index in [0.717, 1.165) is 0 Å². The van der Waals surface area contributed by atoms with Crippen LogP contribution in [-0.4, -0.2) is 0 Å². The van der Waals surface area contributed by atoms with E-state index < -0.39 is 0 Å². The summed E-state index contributed by atoms with van der Waals surface area (Å²) < 4.78 is 12.4. The Morgan fingerprint density at radius 1 is 0.750 bits per heavy atom. The average Bonchev–Trinajstić information content (AvgIpc) is 1.39. The highest BCUT2D eigenvalue weighted by atomic mass is 13.0. The van der Waals surface area contributed by atoms with Gasteiger partial charge in [0.1, 0.15) is 0 Å². The van der Waals surface area contributed by atoms with E-state index >= 15 is 0 Å². The SMILES string of the molecule is C.C.C.C.[2H]CC.[2H]CC. The van der Waals surface area contributed by atoms with Gasteiger partial charge in [0.05, 0.1) is 0 Å². The predicted octanol–water partition coefficient (Wildman–Crippen LogP) is 4.60. The van der Waals surface area contributed by atoms with Crippen molar-refractivity contribution in [3.05, 3.63) is 0 Å². The third-order valence-electron chi connectivity index (χ3n) is 0. The maximum Gasteiger partial charge on any atom is 0.0228 e. The molecule has 60 valence electrons. The van der Waals surface area contributed by atoms with Crippen LogP contribution in [-0.2, 0) is 0 Å². The highest BCUT2D eigenvalue weighted by molar-refractivity contribution is 3.51. The number of rotatable bonds is 0. The fraction of sp³-hybridized carbons (Fsp3) is 1.00. The lowest BCUT2D eigenvalue weighted by molar-refractivity contribution is 1.50. The first-order valence-corrected chi connectivity index (χ1v) is 1.41. The van der Waals surface area contributed by atoms with Crippen LogP contribution >= 0.6 is 0 Å². The van der Waals surface area contributed by atoms with Gasteiger partial charge in [-0.2, -0.15) is 0 Å². The summed E-state index contributed by atoms with van der Waals surface area (Å²) in [6.45, 7) is 4.58. The van der Waals surface area contributed by atoms with Crippen LogP contribution in [0.15, 0.2) is 0 Å². The Hall–Kier alpha value is 0. The molecule has 0 saturated carbocycles. The van der Waals surface area contributed by atoms with Crippen LogP contribution in [0.3, 0.4) is 0 Å². The standard InChI is InChI=1S/2C2H6.4CH4/c2*1-2;;;;/h2*1-2H3;4*1H4/i2*1D;;;;. The van der Waals surface area contributed by atoms with Gasteiger partial charge in [-0.05, 0) is 0 Å². The van der Waals surface area contributed by atoms with Gasteiger partial charge in [0.25, 0.3) is 0 Å². The lowest BCUT2D eigenvalue weighted by Crippen LogP contribution is -0.856. The van der Waals surface area contributed by atoms with Gasteiger partial charge in [0.15, 0.2) is 0 Å². The predicted molar refractivity (Wildman–Crippen MR) is 49.6 cm³/mol. The van der Waals surface area contributed by atoms with Crippen molar-refractivity contribution in [1.82, 2.24) is 0 Å². The van der Waals surface area contributed by atoms with Crippen molar-refractivity contribution >= 4 is 0 Å². The summed E-state index contributed by atoms with van der Waals surface area (Å²) in [5.74, 6) is 0. The molecule has 0 nitrogen and oxygen atoms in total. The molecule has 0 spiro atoms. The summed E-state index contributed by atoms with van der Waals surface area (Å²) in [7, 11) is 0. The lowest BCUT2D eigenvalue weighted by Gasteiger charge is -1.07. The second-order valence-electron chi connectivity index (χ2n) is 0. The molecule has 0 bridgehead atoms. The third kappa shape index (κ3) is 0. The van der Waals surface area contributed by atoms with Gasteiger partial charge in [-0.3, -0.25) is 0 Å². The average molecular weight is 126 g/mol. The molecule has 0 heterocycles. The van der Waals surface area contributed by atoms with E-state index in [4.69, 9.17) is 2.74 Å². The molecule has 0 N–H and O–H groups in total. The monoisotopic (exact) mass is 126 g/mol. The number of hydrogen-bond acceptors (Lipinski definition) is 0. The highest BCUT2D eigenvalue weighted by Crippen LogP contribution is 1.15. The smallest absolute Gasteiger partial charge is 0.0228 e. The Kier molecular flexibility index (Phi) is 0. The molecule has 0 fully saturated rings. The largest absolute Gasteiger partial charge is 0.0776 e. The topological polar surface area (TPSA) is 0 Å². The lowest BCUT2D eigenvalue weighted by atomic mass is 11.0. The number of hydrogen-bond donors (Lipinski definition) is 0. The zero-order valence-electron chi connectivity index (χ0n) is 5.41. The molecule has 0 aliphatic carbocycles. The molecule has 0 aromatic carbocycles. The van der Waals surface area contributed by atoms with Crippen molar-refractivity contribution in [3.63, 3.8) is 0 Å². The van der Waals surface area contributed by atoms with E-state index in [9.17, 15) is 0 Å². The molecule has 0 aliphatic heterocycles. The fourth-order valence-electron chi connectivity index (χ4n) is 0. The summed E-state index contributed by atoms with van der Waals surface area (Å²) in [6, 6.07) is 0. The van der Waals surface area contributed by atoms with Gasteiger partial charge >= 0.3 is 0 Å². The van der Waals surface area contributed by atoms with Gasteiger partial charge < -0.3 is 0 Å². The van der Waals surface area contributed by atoms with Gasteiger partial charge in [0.2, 0.25) is 0 Å². The molecule has 0 radical (unpaired) electrons. The normalized spacial score (nSPS) is 4.75. The van der Waals surface area contributed by atoms with E-state index in [1.165, 1.54) is 0 Å². The zero-order chi connectivity index (χ0) is 5.41. The van der Waals surface area contributed by atoms with Crippen LogP contribution in [0.5, 0.6) is 0 Å². The Bertz CT molecular complexity index is 9.22. The summed E-state index contributed by atoms with van der Waals surface area (Å²) in [5, 5.41) is 0. The van der Waals surface area contributed by atoms with Crippen molar-refractivity contribution < 1.29 is 2.74 Å². The van der Waals surface area contributed by atoms with Gasteiger partial charge in [-0.1, -0.05) is 57.4 Å². The molecular formula is C8H28. The van der Waals surface area contributed by atoms with Gasteiger partial charge in [-0.25, -0.2) is 0 Å². The second kappa shape index (κ2) is 0. The van der Waals surface area contributed by atoms with Crippen LogP contribution in [0.25, 0.3) is 0 Å². The molecule has 0 aliphatic rings. The van der Waals surface area contributed by atoms with E-state index in [1.807, 2.05) is 0 Å². The minimum absolute atomic E-state index is 0. The summed E-state index contributed by atoms with van der Waals surface area (Å²) in [4.78, 5) is 0. The molecule has 0 aromatic heterocycles. The van der Waals surface area contributed by atoms with E-state index in [0.29, 0.717) is 13.8 Å². The van der Waals surface area contributed by atoms with Crippen LogP contribution in [0.4, 0.5) is 0 Å². The molecule has 8 heavy (non-hydrogen) atoms. The maximum atomic E-state index is 6.21. The Labute approximate surface area is 61.1 Å². The fourth-order valence-corrected chi connectivity index (χ4v) is 0. The molecule has 0 rings (SSSR count). The van der Waals surface area contributed by atoms with Crippen LogP contribution < -0.4 is 0 Å². The summed E-state index contributed by atoms with van der Waals surface area (Å²) >= 11 is 0. The molecule has 0 unspecified atom stereocenters. The van der Waals surface area contributed by atoms with Gasteiger partial charge in [-0.15, -0.1) is 0 Å². The van der Waals surface area contributed by atoms with Gasteiger partial charge in [0, 0.05) is 2.74 Å². The van der Waals surface area contributed by atoms with Crippen molar-refractivity contribution in [2.45, 2.75) is 57.4 Å². The Morgan fingerprint density at radius 3 is 0.750 bits per heavy atom. The Balaban J connectivity index is -0.00000000571. The van der Waals surface area contributed by atoms with Crippen molar-refractivity contribution in [2.75, 3.05) is 0 Å². The minimum Gasteiger partial charge on any atom is -0.0776 e. The molecule has 0 heteroatoms. The second-order valence-corrected chi connectivity index (χ2v) is 0. The zero-order valence-corrected chi connectivity index (χ0v) is 3.41. The highest BCUT2D eigenvalue weighted by Gasteiger charge is 0.934. The van der Waals surface area contributed by atoms with Crippen LogP contribution in [0.2, 0.25) is 0 Å². The first-order valence-electron chi connectivity index (χ1n) is 2.83. The van der Waals surface area contributed by atoms with E-state index in [2.05, 4.69) is 0 Å². The quantitative estimate of drug-likeness (QED) is 0.445. The van der Waals surface area contributed by atoms with Crippen molar-refractivity contribution in [3.8, 4) is 0 Å². The summed E-state index contributed by atoms with van der Waals surface area (Å²) in [5.41, 5.74) is 0. The third-order valence-corrected chi connectivity index (χ3v) is 0. The first-order chi connectivity index (χ1) is 2.83. The van der Waals surface area contributed by atoms with Crippen molar-refractivity contribution in [2.24, 2.45) is 0 Å². The van der Waals surface area contributed by atoms with Crippen LogP contribution in [0, 0.1) is 0 Å². The molecule has 0 amide bonds. The molecule has 0 saturated heterocycles. The first kappa shape index (κ1) is 24.5. The summed E-state index contributed by atoms with van der Waals surface area (Å²) in [6.07, 6.45) is 0. The maximum absolute atomic E-state index is 6.21. The molecular weight excluding hydrogens is 96.1 g/mol. The van der Waals surface area contributed by atoms with E-state index in [-0.39, 0.29) is 29.7 Å². The van der Waals surface area contributed by atoms with Crippen LogP contribution in [0.1, 0.15) is 60.1 Å². The molecule has 0 aromatic rings.